The predicted octanol–water partition coefficient (Wildman–Crippen LogP) is 1.84. The van der Waals surface area contributed by atoms with E-state index in [0.29, 0.717) is 12.8 Å². The highest BCUT2D eigenvalue weighted by Crippen LogP contribution is 2.36. The molecule has 9 nitrogen and oxygen atoms in total. The quantitative estimate of drug-likeness (QED) is 0.385. The van der Waals surface area contributed by atoms with Crippen molar-refractivity contribution >= 4 is 41.1 Å². The molecule has 0 bridgehead atoms. The van der Waals surface area contributed by atoms with Crippen LogP contribution in [-0.4, -0.2) is 41.0 Å². The molecule has 0 spiro atoms. The van der Waals surface area contributed by atoms with E-state index in [1.807, 2.05) is 0 Å². The molecule has 2 N–H and O–H groups in total. The van der Waals surface area contributed by atoms with Crippen LogP contribution in [0.4, 0.5) is 0 Å². The molecular weight excluding hydrogens is 408 g/mol. The zero-order chi connectivity index (χ0) is 19.8. The molecule has 0 aliphatic carbocycles. The van der Waals surface area contributed by atoms with Gasteiger partial charge in [-0.15, -0.1) is 0 Å². The average molecular weight is 424 g/mol. The van der Waals surface area contributed by atoms with Gasteiger partial charge in [0.15, 0.2) is 0 Å². The van der Waals surface area contributed by atoms with Crippen LogP contribution in [0.1, 0.15) is 19.8 Å². The Balaban J connectivity index is 3.03. The van der Waals surface area contributed by atoms with Crippen LogP contribution in [0.2, 0.25) is 0 Å². The summed E-state index contributed by atoms with van der Waals surface area (Å²) >= 11 is 0. The number of fused-ring (bicyclic) bond motifs is 1. The third-order valence-electron chi connectivity index (χ3n) is 3.44. The van der Waals surface area contributed by atoms with Crippen molar-refractivity contribution in [3.05, 3.63) is 30.3 Å². The number of rotatable bonds is 7. The first kappa shape index (κ1) is 20.7. The van der Waals surface area contributed by atoms with Gasteiger partial charge in [0, 0.05) is 5.39 Å². The van der Waals surface area contributed by atoms with Gasteiger partial charge in [0.2, 0.25) is 0 Å². The first-order valence-corrected chi connectivity index (χ1v) is 11.6. The Kier molecular flexibility index (Phi) is 5.75. The van der Waals surface area contributed by atoms with E-state index in [4.69, 9.17) is 4.18 Å². The minimum absolute atomic E-state index is 0.0187. The minimum atomic E-state index is -5.35. The van der Waals surface area contributed by atoms with Crippen molar-refractivity contribution in [1.82, 2.24) is 0 Å². The van der Waals surface area contributed by atoms with E-state index < -0.39 is 45.0 Å². The first-order valence-electron chi connectivity index (χ1n) is 7.29. The van der Waals surface area contributed by atoms with E-state index in [2.05, 4.69) is 0 Å². The monoisotopic (exact) mass is 424 g/mol. The molecule has 0 saturated carbocycles. The van der Waals surface area contributed by atoms with Crippen LogP contribution in [0.5, 0.6) is 0 Å². The summed E-state index contributed by atoms with van der Waals surface area (Å²) in [5.41, 5.74) is 0. The zero-order valence-electron chi connectivity index (χ0n) is 13.5. The Bertz CT molecular complexity index is 1150. The number of unbranched alkanes of at least 4 members (excludes halogenated alkanes) is 1. The van der Waals surface area contributed by atoms with Crippen molar-refractivity contribution in [2.75, 3.05) is 6.61 Å². The van der Waals surface area contributed by atoms with Gasteiger partial charge in [0.05, 0.1) is 6.61 Å². The summed E-state index contributed by atoms with van der Waals surface area (Å²) in [5.74, 6) is 0. The zero-order valence-corrected chi connectivity index (χ0v) is 15.9. The molecule has 0 aliphatic rings. The van der Waals surface area contributed by atoms with E-state index in [1.165, 1.54) is 24.3 Å². The summed E-state index contributed by atoms with van der Waals surface area (Å²) in [4.78, 5) is -3.74. The Morgan fingerprint density at radius 1 is 0.923 bits per heavy atom. The van der Waals surface area contributed by atoms with Crippen LogP contribution in [0.15, 0.2) is 45.0 Å². The van der Waals surface area contributed by atoms with Crippen molar-refractivity contribution in [3.63, 3.8) is 0 Å². The van der Waals surface area contributed by atoms with Gasteiger partial charge in [-0.25, -0.2) is 0 Å². The van der Waals surface area contributed by atoms with Gasteiger partial charge in [-0.2, -0.15) is 25.3 Å². The van der Waals surface area contributed by atoms with Gasteiger partial charge in [0.1, 0.15) is 14.7 Å². The van der Waals surface area contributed by atoms with Gasteiger partial charge < -0.3 is 0 Å². The highest BCUT2D eigenvalue weighted by Gasteiger charge is 2.35. The lowest BCUT2D eigenvalue weighted by Gasteiger charge is -2.15. The second-order valence-electron chi connectivity index (χ2n) is 5.33. The van der Waals surface area contributed by atoms with Gasteiger partial charge in [0.25, 0.3) is 30.4 Å². The molecule has 0 saturated heterocycles. The van der Waals surface area contributed by atoms with Crippen LogP contribution in [0, 0.1) is 0 Å². The van der Waals surface area contributed by atoms with Crippen LogP contribution in [0.25, 0.3) is 10.8 Å². The van der Waals surface area contributed by atoms with E-state index in [9.17, 15) is 34.4 Å². The summed E-state index contributed by atoms with van der Waals surface area (Å²) in [6.45, 7) is 1.50. The van der Waals surface area contributed by atoms with Crippen molar-refractivity contribution in [3.8, 4) is 0 Å². The highest BCUT2D eigenvalue weighted by atomic mass is 32.2. The molecule has 0 fully saturated rings. The molecule has 2 rings (SSSR count). The average Bonchev–Trinajstić information content (AvgIpc) is 2.51. The van der Waals surface area contributed by atoms with Crippen LogP contribution < -0.4 is 0 Å². The maximum Gasteiger partial charge on any atom is 0.299 e. The van der Waals surface area contributed by atoms with Gasteiger partial charge >= 0.3 is 0 Å². The lowest BCUT2D eigenvalue weighted by Crippen LogP contribution is -2.17. The molecule has 0 amide bonds. The molecule has 2 aromatic carbocycles. The molecule has 12 heteroatoms. The molecular formula is C14H16O9S3. The second kappa shape index (κ2) is 7.21. The lowest BCUT2D eigenvalue weighted by molar-refractivity contribution is 0.310. The summed E-state index contributed by atoms with van der Waals surface area (Å²) in [5, 5.41) is -0.158. The highest BCUT2D eigenvalue weighted by molar-refractivity contribution is 7.91. The summed E-state index contributed by atoms with van der Waals surface area (Å²) < 4.78 is 95.7. The summed E-state index contributed by atoms with van der Waals surface area (Å²) in [6, 6.07) is 6.17. The third-order valence-corrected chi connectivity index (χ3v) is 6.92. The molecule has 0 radical (unpaired) electrons. The predicted molar refractivity (Wildman–Crippen MR) is 91.6 cm³/mol. The summed E-state index contributed by atoms with van der Waals surface area (Å²) in [7, 11) is -15.3. The Morgan fingerprint density at radius 2 is 1.54 bits per heavy atom. The summed E-state index contributed by atoms with van der Waals surface area (Å²) in [6.07, 6.45) is 0.933. The Labute approximate surface area is 151 Å². The van der Waals surface area contributed by atoms with Crippen molar-refractivity contribution < 1.29 is 38.5 Å². The third kappa shape index (κ3) is 4.22. The molecule has 0 aromatic heterocycles. The van der Waals surface area contributed by atoms with Crippen LogP contribution >= 0.6 is 0 Å². The molecule has 0 aliphatic heterocycles. The fraction of sp³-hybridized carbons (Fsp3) is 0.286. The molecule has 0 atom stereocenters. The lowest BCUT2D eigenvalue weighted by atomic mass is 10.1. The normalized spacial score (nSPS) is 13.2. The van der Waals surface area contributed by atoms with Crippen LogP contribution in [-0.2, 0) is 34.5 Å². The Morgan fingerprint density at radius 3 is 2.08 bits per heavy atom. The largest absolute Gasteiger partial charge is 0.299 e. The molecule has 26 heavy (non-hydrogen) atoms. The Hall–Kier alpha value is -1.57. The molecule has 2 aromatic rings. The van der Waals surface area contributed by atoms with Crippen LogP contribution in [0.3, 0.4) is 0 Å². The van der Waals surface area contributed by atoms with Crippen molar-refractivity contribution in [2.24, 2.45) is 0 Å². The standard InChI is InChI=1S/C14H16O9S3/c1-2-3-8-23-26(21,22)13-11-7-5-4-6-10(11)9-12(24(15,16)17)14(13)25(18,19)20/h4-7,9H,2-3,8H2,1H3,(H,15,16,17)(H,18,19,20). The molecule has 0 unspecified atom stereocenters. The van der Waals surface area contributed by atoms with E-state index >= 15 is 0 Å². The SMILES string of the molecule is CCCCOS(=O)(=O)c1c(S(=O)(=O)O)c(S(=O)(=O)O)cc2ccccc12. The topological polar surface area (TPSA) is 152 Å². The maximum absolute atomic E-state index is 12.6. The van der Waals surface area contributed by atoms with Gasteiger partial charge in [-0.05, 0) is 17.9 Å². The number of benzene rings is 2. The van der Waals surface area contributed by atoms with Crippen molar-refractivity contribution in [2.45, 2.75) is 34.5 Å². The molecule has 144 valence electrons. The second-order valence-corrected chi connectivity index (χ2v) is 9.63. The first-order chi connectivity index (χ1) is 11.9. The van der Waals surface area contributed by atoms with Gasteiger partial charge in [-0.1, -0.05) is 37.6 Å². The number of hydrogen-bond acceptors (Lipinski definition) is 7. The minimum Gasteiger partial charge on any atom is -0.282 e. The van der Waals surface area contributed by atoms with E-state index in [1.54, 1.807) is 6.92 Å². The van der Waals surface area contributed by atoms with Crippen molar-refractivity contribution in [1.29, 1.82) is 0 Å². The van der Waals surface area contributed by atoms with E-state index in [0.717, 1.165) is 6.07 Å². The smallest absolute Gasteiger partial charge is 0.282 e. The molecule has 0 heterocycles. The fourth-order valence-corrected chi connectivity index (χ4v) is 6.16. The van der Waals surface area contributed by atoms with E-state index in [-0.39, 0.29) is 17.4 Å². The maximum atomic E-state index is 12.6. The number of hydrogen-bond donors (Lipinski definition) is 2. The van der Waals surface area contributed by atoms with Gasteiger partial charge in [-0.3, -0.25) is 13.3 Å². The fourth-order valence-electron chi connectivity index (χ4n) is 2.33.